The highest BCUT2D eigenvalue weighted by atomic mass is 19.1. The molecule has 30 heavy (non-hydrogen) atoms. The summed E-state index contributed by atoms with van der Waals surface area (Å²) in [6.45, 7) is 6.52. The van der Waals surface area contributed by atoms with Gasteiger partial charge in [0.05, 0.1) is 19.8 Å². The summed E-state index contributed by atoms with van der Waals surface area (Å²) in [5.41, 5.74) is 7.94. The number of hydrogen-bond donors (Lipinski definition) is 2. The second kappa shape index (κ2) is 9.67. The van der Waals surface area contributed by atoms with Crippen molar-refractivity contribution in [3.63, 3.8) is 0 Å². The molecular formula is C22H28FN5O2. The summed E-state index contributed by atoms with van der Waals surface area (Å²) >= 11 is 0. The summed E-state index contributed by atoms with van der Waals surface area (Å²) in [4.78, 5) is 9.09. The molecule has 0 aromatic heterocycles. The van der Waals surface area contributed by atoms with Gasteiger partial charge in [-0.3, -0.25) is 9.89 Å². The first-order chi connectivity index (χ1) is 14.7. The molecular weight excluding hydrogens is 385 g/mol. The number of nitrogens with one attached hydrogen (secondary N) is 1. The van der Waals surface area contributed by atoms with E-state index < -0.39 is 0 Å². The Morgan fingerprint density at radius 3 is 2.50 bits per heavy atom. The van der Waals surface area contributed by atoms with E-state index in [1.807, 2.05) is 30.3 Å². The SMILES string of the molecule is NC(=NCCN1CCN(c2ccc(F)cc2)CC1)Nc1ccc2c(c1)OCCCO2. The van der Waals surface area contributed by atoms with Crippen molar-refractivity contribution >= 4 is 17.3 Å². The molecule has 1 fully saturated rings. The minimum absolute atomic E-state index is 0.201. The first kappa shape index (κ1) is 20.3. The molecule has 4 rings (SSSR count). The third kappa shape index (κ3) is 5.33. The van der Waals surface area contributed by atoms with Crippen molar-refractivity contribution in [2.75, 3.05) is 62.7 Å². The van der Waals surface area contributed by atoms with Gasteiger partial charge in [-0.25, -0.2) is 4.39 Å². The van der Waals surface area contributed by atoms with Crippen LogP contribution in [0.25, 0.3) is 0 Å². The maximum atomic E-state index is 13.1. The molecule has 0 saturated carbocycles. The Morgan fingerprint density at radius 1 is 1.00 bits per heavy atom. The van der Waals surface area contributed by atoms with Gasteiger partial charge < -0.3 is 25.4 Å². The number of benzene rings is 2. The number of anilines is 2. The summed E-state index contributed by atoms with van der Waals surface area (Å²) in [5, 5.41) is 3.12. The molecule has 2 heterocycles. The lowest BCUT2D eigenvalue weighted by molar-refractivity contribution is 0.265. The van der Waals surface area contributed by atoms with Gasteiger partial charge in [0.2, 0.25) is 0 Å². The van der Waals surface area contributed by atoms with Crippen LogP contribution in [-0.2, 0) is 0 Å². The van der Waals surface area contributed by atoms with Crippen LogP contribution in [0.4, 0.5) is 15.8 Å². The normalized spacial score (nSPS) is 17.5. The number of rotatable bonds is 5. The maximum Gasteiger partial charge on any atom is 0.193 e. The summed E-state index contributed by atoms with van der Waals surface area (Å²) in [7, 11) is 0. The van der Waals surface area contributed by atoms with Gasteiger partial charge in [0.1, 0.15) is 5.82 Å². The fourth-order valence-corrected chi connectivity index (χ4v) is 3.62. The first-order valence-corrected chi connectivity index (χ1v) is 10.4. The van der Waals surface area contributed by atoms with E-state index in [0.717, 1.165) is 62.0 Å². The van der Waals surface area contributed by atoms with Crippen molar-refractivity contribution in [2.24, 2.45) is 10.7 Å². The lowest BCUT2D eigenvalue weighted by atomic mass is 10.2. The predicted molar refractivity (Wildman–Crippen MR) is 117 cm³/mol. The molecule has 8 heteroatoms. The number of nitrogens with zero attached hydrogens (tertiary/aromatic N) is 3. The number of hydrogen-bond acceptors (Lipinski definition) is 5. The van der Waals surface area contributed by atoms with Crippen molar-refractivity contribution in [2.45, 2.75) is 6.42 Å². The zero-order valence-corrected chi connectivity index (χ0v) is 17.0. The fourth-order valence-electron chi connectivity index (χ4n) is 3.62. The Kier molecular flexibility index (Phi) is 6.53. The van der Waals surface area contributed by atoms with E-state index in [-0.39, 0.29) is 5.82 Å². The second-order valence-corrected chi connectivity index (χ2v) is 7.41. The van der Waals surface area contributed by atoms with Crippen molar-refractivity contribution in [1.29, 1.82) is 0 Å². The quantitative estimate of drug-likeness (QED) is 0.580. The summed E-state index contributed by atoms with van der Waals surface area (Å²) in [6, 6.07) is 12.4. The minimum atomic E-state index is -0.201. The molecule has 2 aromatic rings. The molecule has 0 atom stereocenters. The molecule has 0 bridgehead atoms. The molecule has 2 aliphatic heterocycles. The Labute approximate surface area is 176 Å². The molecule has 0 amide bonds. The van der Waals surface area contributed by atoms with E-state index >= 15 is 0 Å². The van der Waals surface area contributed by atoms with Gasteiger partial charge in [-0.2, -0.15) is 0 Å². The summed E-state index contributed by atoms with van der Waals surface area (Å²) in [6.07, 6.45) is 0.874. The van der Waals surface area contributed by atoms with E-state index in [1.54, 1.807) is 0 Å². The van der Waals surface area contributed by atoms with Crippen LogP contribution < -0.4 is 25.4 Å². The fraction of sp³-hybridized carbons (Fsp3) is 0.409. The summed E-state index contributed by atoms with van der Waals surface area (Å²) < 4.78 is 24.4. The van der Waals surface area contributed by atoms with Gasteiger partial charge in [-0.1, -0.05) is 0 Å². The maximum absolute atomic E-state index is 13.1. The number of nitrogens with two attached hydrogens (primary N) is 1. The molecule has 3 N–H and O–H groups in total. The standard InChI is InChI=1S/C22H28FN5O2/c23-17-2-5-19(6-3-17)28-12-10-27(11-13-28)9-8-25-22(24)26-18-4-7-20-21(16-18)30-15-1-14-29-20/h2-7,16H,1,8-15H2,(H3,24,25,26). The lowest BCUT2D eigenvalue weighted by Gasteiger charge is -2.35. The number of aliphatic imine (C=N–C) groups is 1. The monoisotopic (exact) mass is 413 g/mol. The van der Waals surface area contributed by atoms with E-state index in [2.05, 4.69) is 20.1 Å². The molecule has 0 aliphatic carbocycles. The Balaban J connectivity index is 1.22. The third-order valence-corrected chi connectivity index (χ3v) is 5.28. The van der Waals surface area contributed by atoms with Crippen molar-refractivity contribution in [3.8, 4) is 11.5 Å². The Hall–Kier alpha value is -3.00. The van der Waals surface area contributed by atoms with Crippen molar-refractivity contribution in [1.82, 2.24) is 4.90 Å². The van der Waals surface area contributed by atoms with Crippen molar-refractivity contribution < 1.29 is 13.9 Å². The largest absolute Gasteiger partial charge is 0.490 e. The van der Waals surface area contributed by atoms with Crippen LogP contribution in [0.1, 0.15) is 6.42 Å². The highest BCUT2D eigenvalue weighted by molar-refractivity contribution is 5.92. The van der Waals surface area contributed by atoms with E-state index in [1.165, 1.54) is 12.1 Å². The smallest absolute Gasteiger partial charge is 0.193 e. The minimum Gasteiger partial charge on any atom is -0.490 e. The van der Waals surface area contributed by atoms with Gasteiger partial charge >= 0.3 is 0 Å². The number of fused-ring (bicyclic) bond motifs is 1. The molecule has 2 aromatic carbocycles. The van der Waals surface area contributed by atoms with Crippen LogP contribution in [0.15, 0.2) is 47.5 Å². The summed E-state index contributed by atoms with van der Waals surface area (Å²) in [5.74, 6) is 1.67. The highest BCUT2D eigenvalue weighted by Crippen LogP contribution is 2.32. The number of halogens is 1. The molecule has 1 saturated heterocycles. The van der Waals surface area contributed by atoms with Crippen LogP contribution in [-0.4, -0.2) is 63.3 Å². The molecule has 2 aliphatic rings. The first-order valence-electron chi connectivity index (χ1n) is 10.4. The predicted octanol–water partition coefficient (Wildman–Crippen LogP) is 2.54. The Morgan fingerprint density at radius 2 is 1.73 bits per heavy atom. The van der Waals surface area contributed by atoms with Gasteiger partial charge in [-0.15, -0.1) is 0 Å². The van der Waals surface area contributed by atoms with Crippen LogP contribution >= 0.6 is 0 Å². The topological polar surface area (TPSA) is 75.4 Å². The van der Waals surface area contributed by atoms with Crippen molar-refractivity contribution in [3.05, 3.63) is 48.3 Å². The lowest BCUT2D eigenvalue weighted by Crippen LogP contribution is -2.47. The van der Waals surface area contributed by atoms with Gasteiger partial charge in [-0.05, 0) is 36.4 Å². The van der Waals surface area contributed by atoms with E-state index in [4.69, 9.17) is 15.2 Å². The highest BCUT2D eigenvalue weighted by Gasteiger charge is 2.17. The van der Waals surface area contributed by atoms with Gasteiger partial charge in [0, 0.05) is 56.6 Å². The van der Waals surface area contributed by atoms with Gasteiger partial charge in [0.25, 0.3) is 0 Å². The number of ether oxygens (including phenoxy) is 2. The molecule has 0 radical (unpaired) electrons. The van der Waals surface area contributed by atoms with Gasteiger partial charge in [0.15, 0.2) is 17.5 Å². The number of guanidine groups is 1. The average Bonchev–Trinajstić information content (AvgIpc) is 3.00. The average molecular weight is 413 g/mol. The van der Waals surface area contributed by atoms with Crippen LogP contribution in [0, 0.1) is 5.82 Å². The Bertz CT molecular complexity index is 866. The van der Waals surface area contributed by atoms with E-state index in [9.17, 15) is 4.39 Å². The van der Waals surface area contributed by atoms with E-state index in [0.29, 0.717) is 25.7 Å². The molecule has 0 spiro atoms. The van der Waals surface area contributed by atoms with Crippen LogP contribution in [0.5, 0.6) is 11.5 Å². The number of piperazine rings is 1. The van der Waals surface area contributed by atoms with Crippen LogP contribution in [0.3, 0.4) is 0 Å². The third-order valence-electron chi connectivity index (χ3n) is 5.28. The zero-order chi connectivity index (χ0) is 20.8. The molecule has 0 unspecified atom stereocenters. The zero-order valence-electron chi connectivity index (χ0n) is 17.0. The second-order valence-electron chi connectivity index (χ2n) is 7.41. The molecule has 7 nitrogen and oxygen atoms in total. The van der Waals surface area contributed by atoms with Crippen LogP contribution in [0.2, 0.25) is 0 Å². The molecule has 160 valence electrons.